The zero-order valence-corrected chi connectivity index (χ0v) is 21.9. The molecule has 1 aliphatic rings. The molecule has 1 aromatic heterocycles. The number of ether oxygens (including phenoxy) is 2. The highest BCUT2D eigenvalue weighted by Gasteiger charge is 2.23. The molecule has 0 radical (unpaired) electrons. The zero-order valence-electron chi connectivity index (χ0n) is 20.3. The summed E-state index contributed by atoms with van der Waals surface area (Å²) >= 11 is 3.48. The number of nitrogens with zero attached hydrogens (tertiary/aromatic N) is 3. The van der Waals surface area contributed by atoms with Crippen LogP contribution in [0.4, 0.5) is 0 Å². The van der Waals surface area contributed by atoms with Gasteiger partial charge in [-0.05, 0) is 48.6 Å². The number of hydrogen-bond acceptors (Lipinski definition) is 5. The lowest BCUT2D eigenvalue weighted by Gasteiger charge is -2.23. The van der Waals surface area contributed by atoms with E-state index in [0.29, 0.717) is 29.0 Å². The van der Waals surface area contributed by atoms with E-state index in [0.717, 1.165) is 41.5 Å². The van der Waals surface area contributed by atoms with Gasteiger partial charge in [-0.3, -0.25) is 4.79 Å². The monoisotopic (exact) mass is 525 g/mol. The highest BCUT2D eigenvalue weighted by atomic mass is 79.9. The zero-order chi connectivity index (χ0) is 24.3. The van der Waals surface area contributed by atoms with Gasteiger partial charge in [-0.15, -0.1) is 0 Å². The third-order valence-corrected chi connectivity index (χ3v) is 6.49. The maximum absolute atomic E-state index is 13.6. The number of fused-ring (bicyclic) bond motifs is 1. The van der Waals surface area contributed by atoms with Crippen molar-refractivity contribution in [2.75, 3.05) is 13.7 Å². The summed E-state index contributed by atoms with van der Waals surface area (Å²) < 4.78 is 14.0. The molecular formula is C27H32BrN3O3. The first-order chi connectivity index (χ1) is 16.3. The van der Waals surface area contributed by atoms with Crippen LogP contribution in [0.5, 0.6) is 11.5 Å². The van der Waals surface area contributed by atoms with Crippen molar-refractivity contribution >= 4 is 33.0 Å². The van der Waals surface area contributed by atoms with Gasteiger partial charge in [-0.1, -0.05) is 62.0 Å². The predicted molar refractivity (Wildman–Crippen MR) is 140 cm³/mol. The first kappa shape index (κ1) is 24.5. The Morgan fingerprint density at radius 1 is 1.18 bits per heavy atom. The molecule has 0 spiro atoms. The minimum absolute atomic E-state index is 0.0178. The van der Waals surface area contributed by atoms with Crippen LogP contribution >= 0.6 is 15.9 Å². The Hall–Kier alpha value is -2.67. The van der Waals surface area contributed by atoms with E-state index in [-0.39, 0.29) is 16.9 Å². The summed E-state index contributed by atoms with van der Waals surface area (Å²) in [5.41, 5.74) is 1.27. The summed E-state index contributed by atoms with van der Waals surface area (Å²) in [5, 5.41) is 5.22. The van der Waals surface area contributed by atoms with E-state index < -0.39 is 0 Å². The fourth-order valence-corrected chi connectivity index (χ4v) is 4.62. The number of rotatable bonds is 6. The molecule has 0 bridgehead atoms. The van der Waals surface area contributed by atoms with Gasteiger partial charge in [0.2, 0.25) is 0 Å². The van der Waals surface area contributed by atoms with Gasteiger partial charge < -0.3 is 9.47 Å². The number of benzene rings is 2. The largest absolute Gasteiger partial charge is 0.493 e. The van der Waals surface area contributed by atoms with Crippen LogP contribution in [0.3, 0.4) is 0 Å². The minimum Gasteiger partial charge on any atom is -0.493 e. The second-order valence-corrected chi connectivity index (χ2v) is 11.0. The predicted octanol–water partition coefficient (Wildman–Crippen LogP) is 6.52. The van der Waals surface area contributed by atoms with Crippen LogP contribution in [0.15, 0.2) is 50.8 Å². The Labute approximate surface area is 209 Å². The van der Waals surface area contributed by atoms with Gasteiger partial charge in [-0.2, -0.15) is 9.78 Å². The van der Waals surface area contributed by atoms with Gasteiger partial charge in [0.25, 0.3) is 5.56 Å². The molecule has 4 rings (SSSR count). The Bertz CT molecular complexity index is 1250. The lowest BCUT2D eigenvalue weighted by molar-refractivity contribution is 0.191. The fourth-order valence-electron chi connectivity index (χ4n) is 4.26. The third-order valence-electron chi connectivity index (χ3n) is 5.99. The molecule has 2 aromatic carbocycles. The summed E-state index contributed by atoms with van der Waals surface area (Å²) in [6.45, 7) is 6.87. The van der Waals surface area contributed by atoms with Gasteiger partial charge >= 0.3 is 0 Å². The molecule has 1 aliphatic carbocycles. The lowest BCUT2D eigenvalue weighted by Crippen LogP contribution is -2.25. The maximum Gasteiger partial charge on any atom is 0.282 e. The van der Waals surface area contributed by atoms with Crippen molar-refractivity contribution in [1.29, 1.82) is 0 Å². The molecule has 3 aromatic rings. The second-order valence-electron chi connectivity index (χ2n) is 10.1. The van der Waals surface area contributed by atoms with E-state index in [4.69, 9.17) is 14.5 Å². The van der Waals surface area contributed by atoms with E-state index in [1.54, 1.807) is 13.3 Å². The molecular weight excluding hydrogens is 494 g/mol. The van der Waals surface area contributed by atoms with Crippen molar-refractivity contribution in [2.45, 2.75) is 58.8 Å². The van der Waals surface area contributed by atoms with Crippen molar-refractivity contribution < 1.29 is 9.47 Å². The van der Waals surface area contributed by atoms with Crippen LogP contribution < -0.4 is 15.0 Å². The number of halogens is 1. The normalized spacial score (nSPS) is 15.2. The number of methoxy groups -OCH3 is 1. The highest BCUT2D eigenvalue weighted by molar-refractivity contribution is 9.10. The third kappa shape index (κ3) is 5.52. The van der Waals surface area contributed by atoms with Gasteiger partial charge in [0.1, 0.15) is 5.82 Å². The van der Waals surface area contributed by atoms with Gasteiger partial charge in [0.15, 0.2) is 11.5 Å². The summed E-state index contributed by atoms with van der Waals surface area (Å²) in [6.07, 6.45) is 7.22. The second kappa shape index (κ2) is 10.3. The van der Waals surface area contributed by atoms with Crippen LogP contribution in [0.25, 0.3) is 10.9 Å². The van der Waals surface area contributed by atoms with Crippen molar-refractivity contribution in [1.82, 2.24) is 9.66 Å². The molecule has 7 heteroatoms. The smallest absolute Gasteiger partial charge is 0.282 e. The molecule has 180 valence electrons. The van der Waals surface area contributed by atoms with E-state index in [1.165, 1.54) is 11.1 Å². The molecule has 0 saturated heterocycles. The molecule has 6 nitrogen and oxygen atoms in total. The summed E-state index contributed by atoms with van der Waals surface area (Å²) in [7, 11) is 1.62. The quantitative estimate of drug-likeness (QED) is 0.343. The molecule has 0 aliphatic heterocycles. The summed E-state index contributed by atoms with van der Waals surface area (Å²) in [5.74, 6) is 2.20. The maximum atomic E-state index is 13.6. The molecule has 1 heterocycles. The van der Waals surface area contributed by atoms with Gasteiger partial charge in [-0.25, -0.2) is 4.98 Å². The molecule has 34 heavy (non-hydrogen) atoms. The first-order valence-electron chi connectivity index (χ1n) is 11.8. The Morgan fingerprint density at radius 3 is 2.65 bits per heavy atom. The van der Waals surface area contributed by atoms with E-state index in [2.05, 4.69) is 41.8 Å². The molecule has 0 N–H and O–H groups in total. The SMILES string of the molecule is COc1cccc(C=Nn2c(C3CCCCC3)nc3ccc(Br)cc3c2=O)c1OCC(C)(C)C. The molecule has 0 amide bonds. The van der Waals surface area contributed by atoms with Gasteiger partial charge in [0.05, 0.1) is 30.8 Å². The molecule has 1 saturated carbocycles. The fraction of sp³-hybridized carbons (Fsp3) is 0.444. The van der Waals surface area contributed by atoms with Crippen molar-refractivity contribution in [3.05, 3.63) is 62.6 Å². The van der Waals surface area contributed by atoms with Crippen molar-refractivity contribution in [3.63, 3.8) is 0 Å². The summed E-state index contributed by atoms with van der Waals surface area (Å²) in [6, 6.07) is 11.3. The standard InChI is InChI=1S/C27H32BrN3O3/c1-27(2,3)17-34-24-19(11-8-12-23(24)33-4)16-29-31-25(18-9-6-5-7-10-18)30-22-14-13-20(28)15-21(22)26(31)32/h8,11-16,18H,5-7,9-10,17H2,1-4H3. The average Bonchev–Trinajstić information content (AvgIpc) is 2.82. The number of para-hydroxylation sites is 1. The molecule has 0 unspecified atom stereocenters. The molecule has 1 fully saturated rings. The average molecular weight is 526 g/mol. The minimum atomic E-state index is -0.164. The Kier molecular flexibility index (Phi) is 7.41. The van der Waals surface area contributed by atoms with Crippen LogP contribution in [0.1, 0.15) is 70.2 Å². The first-order valence-corrected chi connectivity index (χ1v) is 12.6. The van der Waals surface area contributed by atoms with E-state index in [1.807, 2.05) is 36.4 Å². The lowest BCUT2D eigenvalue weighted by atomic mass is 9.88. The van der Waals surface area contributed by atoms with E-state index >= 15 is 0 Å². The highest BCUT2D eigenvalue weighted by Crippen LogP contribution is 2.33. The Balaban J connectivity index is 1.82. The van der Waals surface area contributed by atoms with Crippen LogP contribution in [0, 0.1) is 5.41 Å². The van der Waals surface area contributed by atoms with Crippen LogP contribution in [-0.2, 0) is 0 Å². The van der Waals surface area contributed by atoms with Crippen LogP contribution in [0.2, 0.25) is 0 Å². The number of hydrogen-bond donors (Lipinski definition) is 0. The van der Waals surface area contributed by atoms with E-state index in [9.17, 15) is 4.79 Å². The van der Waals surface area contributed by atoms with Crippen molar-refractivity contribution in [2.24, 2.45) is 10.5 Å². The van der Waals surface area contributed by atoms with Crippen molar-refractivity contribution in [3.8, 4) is 11.5 Å². The van der Waals surface area contributed by atoms with Gasteiger partial charge in [0, 0.05) is 16.0 Å². The Morgan fingerprint density at radius 2 is 1.94 bits per heavy atom. The molecule has 0 atom stereocenters. The summed E-state index contributed by atoms with van der Waals surface area (Å²) in [4.78, 5) is 18.5. The number of aromatic nitrogens is 2. The topological polar surface area (TPSA) is 65.7 Å². The van der Waals surface area contributed by atoms with Crippen LogP contribution in [-0.4, -0.2) is 29.6 Å².